The smallest absolute Gasteiger partial charge is 0.136 e. The van der Waals surface area contributed by atoms with Gasteiger partial charge in [-0.15, -0.1) is 11.3 Å². The van der Waals surface area contributed by atoms with Crippen molar-refractivity contribution >= 4 is 61.7 Å². The molecule has 1 N–H and O–H groups in total. The number of hydrogen-bond acceptors (Lipinski definition) is 4. The molecule has 3 rings (SSSR count). The SMILES string of the molecule is Cc1cc(Br)ccc1NC=C(C#N)c1nc(-c2ccc(Cl)cc2Cl)cs1. The minimum absolute atomic E-state index is 0.452. The third-order valence-corrected chi connectivity index (χ3v) is 5.54. The van der Waals surface area contributed by atoms with E-state index in [2.05, 4.69) is 32.3 Å². The van der Waals surface area contributed by atoms with Gasteiger partial charge in [0.25, 0.3) is 0 Å². The Morgan fingerprint density at radius 1 is 1.27 bits per heavy atom. The molecule has 0 saturated heterocycles. The van der Waals surface area contributed by atoms with Gasteiger partial charge in [-0.3, -0.25) is 0 Å². The number of halogens is 3. The summed E-state index contributed by atoms with van der Waals surface area (Å²) < 4.78 is 1.01. The summed E-state index contributed by atoms with van der Waals surface area (Å²) in [4.78, 5) is 4.54. The molecule has 0 amide bonds. The number of nitrogens with zero attached hydrogens (tertiary/aromatic N) is 2. The maximum atomic E-state index is 9.50. The summed E-state index contributed by atoms with van der Waals surface area (Å²) in [6.07, 6.45) is 1.67. The molecule has 0 bridgehead atoms. The van der Waals surface area contributed by atoms with E-state index >= 15 is 0 Å². The van der Waals surface area contributed by atoms with Gasteiger partial charge < -0.3 is 5.32 Å². The summed E-state index contributed by atoms with van der Waals surface area (Å²) in [6.45, 7) is 2.00. The van der Waals surface area contributed by atoms with Gasteiger partial charge in [0.05, 0.1) is 10.7 Å². The third kappa shape index (κ3) is 4.28. The molecule has 1 heterocycles. The maximum absolute atomic E-state index is 9.50. The molecule has 0 aliphatic carbocycles. The number of allylic oxidation sites excluding steroid dienone is 1. The first kappa shape index (κ1) is 18.9. The molecular weight excluding hydrogens is 453 g/mol. The second kappa shape index (κ2) is 8.24. The van der Waals surface area contributed by atoms with E-state index in [9.17, 15) is 5.26 Å². The second-order valence-corrected chi connectivity index (χ2v) is 8.05. The van der Waals surface area contributed by atoms with E-state index in [4.69, 9.17) is 23.2 Å². The van der Waals surface area contributed by atoms with Crippen molar-refractivity contribution in [2.24, 2.45) is 0 Å². The lowest BCUT2D eigenvalue weighted by atomic mass is 10.2. The molecule has 0 saturated carbocycles. The van der Waals surface area contributed by atoms with Crippen LogP contribution in [0.15, 0.2) is 52.5 Å². The van der Waals surface area contributed by atoms with Gasteiger partial charge in [-0.25, -0.2) is 4.98 Å². The van der Waals surface area contributed by atoms with Crippen molar-refractivity contribution < 1.29 is 0 Å². The highest BCUT2D eigenvalue weighted by Gasteiger charge is 2.12. The first-order chi connectivity index (χ1) is 12.5. The topological polar surface area (TPSA) is 48.7 Å². The molecule has 0 spiro atoms. The molecule has 0 atom stereocenters. The summed E-state index contributed by atoms with van der Waals surface area (Å²) in [7, 11) is 0. The lowest BCUT2D eigenvalue weighted by Crippen LogP contribution is -1.93. The molecule has 1 aromatic heterocycles. The Balaban J connectivity index is 1.87. The number of nitriles is 1. The molecule has 3 nitrogen and oxygen atoms in total. The van der Waals surface area contributed by atoms with Gasteiger partial charge in [0, 0.05) is 32.3 Å². The van der Waals surface area contributed by atoms with Gasteiger partial charge >= 0.3 is 0 Å². The average Bonchev–Trinajstić information content (AvgIpc) is 3.06. The second-order valence-electron chi connectivity index (χ2n) is 5.44. The largest absolute Gasteiger partial charge is 0.360 e. The van der Waals surface area contributed by atoms with Gasteiger partial charge in [0.15, 0.2) is 0 Å². The number of anilines is 1. The van der Waals surface area contributed by atoms with Crippen LogP contribution < -0.4 is 5.32 Å². The van der Waals surface area contributed by atoms with E-state index in [-0.39, 0.29) is 0 Å². The average molecular weight is 465 g/mol. The predicted octanol–water partition coefficient (Wildman–Crippen LogP) is 7.16. The van der Waals surface area contributed by atoms with Crippen LogP contribution in [-0.2, 0) is 0 Å². The Morgan fingerprint density at radius 3 is 2.77 bits per heavy atom. The van der Waals surface area contributed by atoms with E-state index in [1.165, 1.54) is 11.3 Å². The van der Waals surface area contributed by atoms with E-state index in [1.54, 1.807) is 18.3 Å². The van der Waals surface area contributed by atoms with E-state index in [0.717, 1.165) is 21.3 Å². The van der Waals surface area contributed by atoms with Gasteiger partial charge in [-0.1, -0.05) is 39.1 Å². The standard InChI is InChI=1S/C19H12BrCl2N3S/c1-11-6-13(20)2-5-17(11)24-9-12(8-23)19-25-18(10-26-19)15-4-3-14(21)7-16(15)22/h2-7,9-10,24H,1H3. The Kier molecular flexibility index (Phi) is 6.00. The fraction of sp³-hybridized carbons (Fsp3) is 0.0526. The van der Waals surface area contributed by atoms with Crippen LogP contribution in [0.3, 0.4) is 0 Å². The minimum Gasteiger partial charge on any atom is -0.360 e. The van der Waals surface area contributed by atoms with E-state index < -0.39 is 0 Å². The van der Waals surface area contributed by atoms with Crippen LogP contribution in [0.1, 0.15) is 10.6 Å². The molecule has 0 unspecified atom stereocenters. The zero-order valence-electron chi connectivity index (χ0n) is 13.6. The number of aromatic nitrogens is 1. The zero-order valence-corrected chi connectivity index (χ0v) is 17.5. The predicted molar refractivity (Wildman–Crippen MR) is 114 cm³/mol. The summed E-state index contributed by atoms with van der Waals surface area (Å²) in [5.41, 5.74) is 3.95. The maximum Gasteiger partial charge on any atom is 0.136 e. The number of thiazole rings is 1. The first-order valence-electron chi connectivity index (χ1n) is 7.52. The van der Waals surface area contributed by atoms with Crippen molar-refractivity contribution in [3.63, 3.8) is 0 Å². The Bertz CT molecular complexity index is 1040. The summed E-state index contributed by atoms with van der Waals surface area (Å²) >= 11 is 17.0. The van der Waals surface area contributed by atoms with Crippen LogP contribution in [0.4, 0.5) is 5.69 Å². The van der Waals surface area contributed by atoms with Crippen molar-refractivity contribution in [2.75, 3.05) is 5.32 Å². The number of aryl methyl sites for hydroxylation is 1. The van der Waals surface area contributed by atoms with Gasteiger partial charge in [-0.2, -0.15) is 5.26 Å². The van der Waals surface area contributed by atoms with Gasteiger partial charge in [0.1, 0.15) is 16.6 Å². The highest BCUT2D eigenvalue weighted by Crippen LogP contribution is 2.32. The normalized spacial score (nSPS) is 11.3. The van der Waals surface area contributed by atoms with Crippen molar-refractivity contribution in [1.29, 1.82) is 5.26 Å². The molecule has 0 radical (unpaired) electrons. The first-order valence-corrected chi connectivity index (χ1v) is 9.95. The molecule has 3 aromatic rings. The quantitative estimate of drug-likeness (QED) is 0.416. The number of hydrogen-bond donors (Lipinski definition) is 1. The highest BCUT2D eigenvalue weighted by atomic mass is 79.9. The van der Waals surface area contributed by atoms with E-state index in [0.29, 0.717) is 26.3 Å². The van der Waals surface area contributed by atoms with Crippen LogP contribution in [0.25, 0.3) is 16.8 Å². The molecule has 0 fully saturated rings. The minimum atomic E-state index is 0.452. The third-order valence-electron chi connectivity index (χ3n) is 3.62. The fourth-order valence-corrected chi connectivity index (χ4v) is 4.07. The summed E-state index contributed by atoms with van der Waals surface area (Å²) in [5.74, 6) is 0. The molecule has 2 aromatic carbocycles. The Hall–Kier alpha value is -1.84. The lowest BCUT2D eigenvalue weighted by molar-refractivity contribution is 1.36. The molecule has 130 valence electrons. The molecular formula is C19H12BrCl2N3S. The molecule has 0 aliphatic heterocycles. The van der Waals surface area contributed by atoms with Crippen molar-refractivity contribution in [3.05, 3.63) is 73.1 Å². The van der Waals surface area contributed by atoms with Crippen molar-refractivity contribution in [2.45, 2.75) is 6.92 Å². The Morgan fingerprint density at radius 2 is 2.08 bits per heavy atom. The van der Waals surface area contributed by atoms with Crippen LogP contribution in [0.5, 0.6) is 0 Å². The number of nitrogens with one attached hydrogen (secondary N) is 1. The molecule has 7 heteroatoms. The Labute approximate surface area is 174 Å². The highest BCUT2D eigenvalue weighted by molar-refractivity contribution is 9.10. The lowest BCUT2D eigenvalue weighted by Gasteiger charge is -2.06. The monoisotopic (exact) mass is 463 g/mol. The van der Waals surface area contributed by atoms with Gasteiger partial charge in [0.2, 0.25) is 0 Å². The fourth-order valence-electron chi connectivity index (χ4n) is 2.30. The van der Waals surface area contributed by atoms with Gasteiger partial charge in [-0.05, 0) is 48.9 Å². The van der Waals surface area contributed by atoms with Crippen LogP contribution in [0, 0.1) is 18.3 Å². The van der Waals surface area contributed by atoms with Crippen LogP contribution in [0.2, 0.25) is 10.0 Å². The number of benzene rings is 2. The van der Waals surface area contributed by atoms with Crippen LogP contribution >= 0.6 is 50.5 Å². The number of rotatable bonds is 4. The van der Waals surface area contributed by atoms with Crippen molar-refractivity contribution in [3.8, 4) is 17.3 Å². The zero-order chi connectivity index (χ0) is 18.7. The summed E-state index contributed by atoms with van der Waals surface area (Å²) in [6, 6.07) is 13.4. The summed E-state index contributed by atoms with van der Waals surface area (Å²) in [5, 5.41) is 16.3. The van der Waals surface area contributed by atoms with Crippen LogP contribution in [-0.4, -0.2) is 4.98 Å². The molecule has 26 heavy (non-hydrogen) atoms. The van der Waals surface area contributed by atoms with E-state index in [1.807, 2.05) is 36.6 Å². The van der Waals surface area contributed by atoms with Crippen molar-refractivity contribution in [1.82, 2.24) is 4.98 Å². The molecule has 0 aliphatic rings.